The fourth-order valence-electron chi connectivity index (χ4n) is 5.08. The highest BCUT2D eigenvalue weighted by atomic mass is 19.4. The van der Waals surface area contributed by atoms with Crippen molar-refractivity contribution >= 4 is 5.91 Å². The summed E-state index contributed by atoms with van der Waals surface area (Å²) >= 11 is 0. The van der Waals surface area contributed by atoms with E-state index in [0.29, 0.717) is 30.3 Å². The van der Waals surface area contributed by atoms with Gasteiger partial charge in [0.1, 0.15) is 0 Å². The van der Waals surface area contributed by atoms with Crippen LogP contribution in [0.5, 0.6) is 0 Å². The lowest BCUT2D eigenvalue weighted by Gasteiger charge is -2.34. The average Bonchev–Trinajstić information content (AvgIpc) is 3.60. The van der Waals surface area contributed by atoms with Crippen molar-refractivity contribution in [1.82, 2.24) is 19.6 Å². The van der Waals surface area contributed by atoms with Crippen LogP contribution in [0.3, 0.4) is 0 Å². The Kier molecular flexibility index (Phi) is 6.66. The molecule has 3 fully saturated rings. The molecule has 1 saturated carbocycles. The molecule has 0 atom stereocenters. The Morgan fingerprint density at radius 3 is 2.47 bits per heavy atom. The smallest absolute Gasteiger partial charge is 0.379 e. The number of likely N-dealkylation sites (tertiary alicyclic amines) is 1. The Morgan fingerprint density at radius 2 is 1.79 bits per heavy atom. The lowest BCUT2D eigenvalue weighted by atomic mass is 9.93. The van der Waals surface area contributed by atoms with E-state index in [1.54, 1.807) is 12.3 Å². The van der Waals surface area contributed by atoms with Crippen LogP contribution in [0.4, 0.5) is 13.2 Å². The first-order valence-corrected chi connectivity index (χ1v) is 12.2. The zero-order valence-electron chi connectivity index (χ0n) is 19.3. The van der Waals surface area contributed by atoms with Crippen LogP contribution >= 0.6 is 0 Å². The predicted octanol–water partition coefficient (Wildman–Crippen LogP) is 4.34. The second-order valence-corrected chi connectivity index (χ2v) is 9.66. The summed E-state index contributed by atoms with van der Waals surface area (Å²) in [5.74, 6) is 0.733. The fourth-order valence-corrected chi connectivity index (χ4v) is 5.08. The Hall–Kier alpha value is -2.39. The van der Waals surface area contributed by atoms with E-state index in [1.807, 2.05) is 4.90 Å². The molecule has 2 aliphatic heterocycles. The summed E-state index contributed by atoms with van der Waals surface area (Å²) in [5.41, 5.74) is 0.914. The van der Waals surface area contributed by atoms with Gasteiger partial charge in [-0.15, -0.1) is 0 Å². The number of alkyl halides is 3. The van der Waals surface area contributed by atoms with Crippen LogP contribution in [0.25, 0.3) is 5.69 Å². The van der Waals surface area contributed by atoms with E-state index < -0.39 is 11.7 Å². The van der Waals surface area contributed by atoms with Gasteiger partial charge in [-0.3, -0.25) is 9.69 Å². The average molecular weight is 477 g/mol. The van der Waals surface area contributed by atoms with Crippen LogP contribution in [-0.4, -0.2) is 71.4 Å². The normalized spacial score (nSPS) is 20.6. The van der Waals surface area contributed by atoms with Crippen molar-refractivity contribution < 1.29 is 22.7 Å². The number of carbonyl (C=O) groups excluding carboxylic acids is 1. The molecule has 1 amide bonds. The molecule has 3 heterocycles. The highest BCUT2D eigenvalue weighted by Crippen LogP contribution is 2.43. The number of hydrogen-bond donors (Lipinski definition) is 0. The maximum absolute atomic E-state index is 13.4. The molecule has 1 aromatic heterocycles. The molecule has 184 valence electrons. The zero-order valence-corrected chi connectivity index (χ0v) is 19.3. The van der Waals surface area contributed by atoms with Crippen LogP contribution < -0.4 is 0 Å². The van der Waals surface area contributed by atoms with Gasteiger partial charge in [0.25, 0.3) is 5.91 Å². The van der Waals surface area contributed by atoms with Crippen molar-refractivity contribution in [1.29, 1.82) is 0 Å². The van der Waals surface area contributed by atoms with Crippen molar-refractivity contribution in [2.45, 2.75) is 44.2 Å². The minimum Gasteiger partial charge on any atom is -0.379 e. The summed E-state index contributed by atoms with van der Waals surface area (Å²) < 4.78 is 46.6. The molecule has 34 heavy (non-hydrogen) atoms. The van der Waals surface area contributed by atoms with Gasteiger partial charge in [0, 0.05) is 32.1 Å². The maximum atomic E-state index is 13.4. The van der Waals surface area contributed by atoms with Gasteiger partial charge in [-0.1, -0.05) is 6.07 Å². The van der Waals surface area contributed by atoms with Crippen LogP contribution in [0, 0.1) is 5.92 Å². The number of hydrogen-bond acceptors (Lipinski definition) is 4. The molecule has 2 aromatic rings. The molecular weight excluding hydrogens is 445 g/mol. The van der Waals surface area contributed by atoms with Crippen molar-refractivity contribution in [2.24, 2.45) is 5.92 Å². The van der Waals surface area contributed by atoms with E-state index in [4.69, 9.17) is 4.74 Å². The Morgan fingerprint density at radius 1 is 1.06 bits per heavy atom. The van der Waals surface area contributed by atoms with Crippen LogP contribution in [-0.2, 0) is 10.9 Å². The summed E-state index contributed by atoms with van der Waals surface area (Å²) in [4.78, 5) is 17.7. The van der Waals surface area contributed by atoms with Crippen molar-refractivity contribution in [3.05, 3.63) is 47.3 Å². The summed E-state index contributed by atoms with van der Waals surface area (Å²) in [6, 6.07) is 5.16. The van der Waals surface area contributed by atoms with E-state index in [9.17, 15) is 18.0 Å². The minimum absolute atomic E-state index is 0.0493. The second kappa shape index (κ2) is 9.70. The number of aromatic nitrogens is 2. The van der Waals surface area contributed by atoms with Gasteiger partial charge < -0.3 is 9.64 Å². The molecule has 3 aliphatic rings. The van der Waals surface area contributed by atoms with Gasteiger partial charge in [0.15, 0.2) is 0 Å². The lowest BCUT2D eigenvalue weighted by molar-refractivity contribution is -0.137. The Bertz CT molecular complexity index is 1000. The first-order valence-electron chi connectivity index (χ1n) is 12.2. The van der Waals surface area contributed by atoms with Gasteiger partial charge in [-0.25, -0.2) is 4.68 Å². The van der Waals surface area contributed by atoms with Crippen molar-refractivity contribution in [3.8, 4) is 5.69 Å². The van der Waals surface area contributed by atoms with Crippen molar-refractivity contribution in [3.63, 3.8) is 0 Å². The number of benzene rings is 1. The maximum Gasteiger partial charge on any atom is 0.416 e. The molecule has 0 bridgehead atoms. The zero-order chi connectivity index (χ0) is 23.7. The number of nitrogens with zero attached hydrogens (tertiary/aromatic N) is 4. The highest BCUT2D eigenvalue weighted by molar-refractivity contribution is 5.95. The molecule has 1 aromatic carbocycles. The van der Waals surface area contributed by atoms with Gasteiger partial charge in [0.2, 0.25) is 0 Å². The fraction of sp³-hybridized carbons (Fsp3) is 0.600. The van der Waals surface area contributed by atoms with Crippen molar-refractivity contribution in [2.75, 3.05) is 45.9 Å². The number of morpholine rings is 1. The molecule has 0 unspecified atom stereocenters. The van der Waals surface area contributed by atoms with Gasteiger partial charge in [0.05, 0.1) is 41.9 Å². The number of amides is 1. The van der Waals surface area contributed by atoms with E-state index in [2.05, 4.69) is 10.00 Å². The molecular formula is C25H31F3N4O2. The van der Waals surface area contributed by atoms with Crippen LogP contribution in [0.1, 0.15) is 59.6 Å². The number of ether oxygens (including phenoxy) is 1. The first-order chi connectivity index (χ1) is 16.4. The van der Waals surface area contributed by atoms with Crippen LogP contribution in [0.15, 0.2) is 30.5 Å². The van der Waals surface area contributed by atoms with Gasteiger partial charge in [-0.2, -0.15) is 18.3 Å². The number of rotatable bonds is 6. The number of piperidine rings is 1. The predicted molar refractivity (Wildman–Crippen MR) is 121 cm³/mol. The third kappa shape index (κ3) is 5.15. The molecule has 0 spiro atoms. The van der Waals surface area contributed by atoms with E-state index in [0.717, 1.165) is 82.8 Å². The van der Waals surface area contributed by atoms with Gasteiger partial charge in [-0.05, 0) is 62.8 Å². The largest absolute Gasteiger partial charge is 0.416 e. The molecule has 6 nitrogen and oxygen atoms in total. The molecule has 0 N–H and O–H groups in total. The standard InChI is InChI=1S/C25H31F3N4O2/c26-25(27,28)20-2-1-3-21(16-20)32-23(19-4-5-19)22(17-29-32)24(33)31-10-7-18(8-11-31)6-9-30-12-14-34-15-13-30/h1-3,16-19H,4-15H2. The molecule has 9 heteroatoms. The third-order valence-corrected chi connectivity index (χ3v) is 7.28. The lowest BCUT2D eigenvalue weighted by Crippen LogP contribution is -2.41. The highest BCUT2D eigenvalue weighted by Gasteiger charge is 2.36. The monoisotopic (exact) mass is 476 g/mol. The topological polar surface area (TPSA) is 50.6 Å². The first kappa shape index (κ1) is 23.4. The molecule has 2 saturated heterocycles. The number of halogens is 3. The molecule has 5 rings (SSSR count). The summed E-state index contributed by atoms with van der Waals surface area (Å²) in [6.45, 7) is 6.12. The number of carbonyl (C=O) groups is 1. The second-order valence-electron chi connectivity index (χ2n) is 9.66. The summed E-state index contributed by atoms with van der Waals surface area (Å²) in [5, 5.41) is 4.37. The summed E-state index contributed by atoms with van der Waals surface area (Å²) in [6.07, 6.45) is 2.08. The third-order valence-electron chi connectivity index (χ3n) is 7.28. The Balaban J connectivity index is 1.26. The molecule has 0 radical (unpaired) electrons. The van der Waals surface area contributed by atoms with Gasteiger partial charge >= 0.3 is 6.18 Å². The van der Waals surface area contributed by atoms with E-state index >= 15 is 0 Å². The Labute approximate surface area is 197 Å². The van der Waals surface area contributed by atoms with E-state index in [-0.39, 0.29) is 11.8 Å². The quantitative estimate of drug-likeness (QED) is 0.622. The van der Waals surface area contributed by atoms with E-state index in [1.165, 1.54) is 10.7 Å². The summed E-state index contributed by atoms with van der Waals surface area (Å²) in [7, 11) is 0. The minimum atomic E-state index is -4.42. The molecule has 1 aliphatic carbocycles. The van der Waals surface area contributed by atoms with Crippen LogP contribution in [0.2, 0.25) is 0 Å². The SMILES string of the molecule is O=C(c1cnn(-c2cccc(C(F)(F)F)c2)c1C1CC1)N1CCC(CCN2CCOCC2)CC1.